The fourth-order valence-corrected chi connectivity index (χ4v) is 6.14. The molecule has 5 aromatic rings. The van der Waals surface area contributed by atoms with Crippen molar-refractivity contribution in [3.63, 3.8) is 0 Å². The molecule has 4 nitrogen and oxygen atoms in total. The highest BCUT2D eigenvalue weighted by Crippen LogP contribution is 2.49. The highest BCUT2D eigenvalue weighted by molar-refractivity contribution is 5.48. The van der Waals surface area contributed by atoms with E-state index >= 15 is 0 Å². The normalized spacial score (nSPS) is 14.9. The van der Waals surface area contributed by atoms with Crippen molar-refractivity contribution in [3.05, 3.63) is 144 Å². The first-order valence-electron chi connectivity index (χ1n) is 14.3. The Morgan fingerprint density at radius 1 is 0.561 bits per heavy atom. The maximum Gasteiger partial charge on any atom is 0.127 e. The van der Waals surface area contributed by atoms with Gasteiger partial charge in [0, 0.05) is 16.8 Å². The number of nitrogens with two attached hydrogens (primary N) is 2. The predicted octanol–water partition coefficient (Wildman–Crippen LogP) is 9.39. The van der Waals surface area contributed by atoms with Gasteiger partial charge in [-0.05, 0) is 128 Å². The first kappa shape index (κ1) is 26.5. The molecule has 0 saturated heterocycles. The number of benzene rings is 5. The van der Waals surface area contributed by atoms with Crippen molar-refractivity contribution in [2.75, 3.05) is 11.5 Å². The third kappa shape index (κ3) is 5.92. The lowest BCUT2D eigenvalue weighted by atomic mass is 9.62. The number of ether oxygens (including phenoxy) is 2. The van der Waals surface area contributed by atoms with Crippen molar-refractivity contribution in [1.29, 1.82) is 0 Å². The first-order chi connectivity index (χ1) is 20.0. The zero-order valence-electron chi connectivity index (χ0n) is 23.4. The lowest BCUT2D eigenvalue weighted by molar-refractivity contribution is 0.314. The minimum atomic E-state index is -0.0836. The van der Waals surface area contributed by atoms with Crippen LogP contribution in [-0.4, -0.2) is 0 Å². The molecule has 0 aliphatic heterocycles. The van der Waals surface area contributed by atoms with Crippen LogP contribution in [0, 0.1) is 6.92 Å². The molecule has 1 fully saturated rings. The fourth-order valence-electron chi connectivity index (χ4n) is 6.14. The average molecular weight is 541 g/mol. The summed E-state index contributed by atoms with van der Waals surface area (Å²) in [4.78, 5) is 0. The molecule has 0 aromatic heterocycles. The van der Waals surface area contributed by atoms with Gasteiger partial charge in [0.05, 0.1) is 0 Å². The van der Waals surface area contributed by atoms with E-state index in [1.165, 1.54) is 22.3 Å². The van der Waals surface area contributed by atoms with Gasteiger partial charge < -0.3 is 20.9 Å². The monoisotopic (exact) mass is 540 g/mol. The summed E-state index contributed by atoms with van der Waals surface area (Å²) in [7, 11) is 0. The van der Waals surface area contributed by atoms with Crippen molar-refractivity contribution in [2.24, 2.45) is 0 Å². The Hall–Kier alpha value is -4.70. The molecule has 41 heavy (non-hydrogen) atoms. The van der Waals surface area contributed by atoms with Gasteiger partial charge in [0.2, 0.25) is 0 Å². The maximum atomic E-state index is 6.10. The van der Waals surface area contributed by atoms with Crippen molar-refractivity contribution >= 4 is 11.4 Å². The molecule has 1 aliphatic carbocycles. The van der Waals surface area contributed by atoms with Crippen molar-refractivity contribution in [1.82, 2.24) is 0 Å². The quantitative estimate of drug-likeness (QED) is 0.202. The van der Waals surface area contributed by atoms with E-state index < -0.39 is 0 Å². The van der Waals surface area contributed by atoms with Crippen LogP contribution >= 0.6 is 0 Å². The Balaban J connectivity index is 1.27. The summed E-state index contributed by atoms with van der Waals surface area (Å²) >= 11 is 0. The molecule has 1 saturated carbocycles. The molecular formula is C37H36N2O2. The Bertz CT molecular complexity index is 1490. The molecule has 4 heteroatoms. The van der Waals surface area contributed by atoms with E-state index in [1.807, 2.05) is 48.5 Å². The van der Waals surface area contributed by atoms with Gasteiger partial charge in [-0.15, -0.1) is 0 Å². The SMILES string of the molecule is Cc1cccc(C2CCC(c3ccc(Oc4ccc(N)cc4)cc3)(c3ccc(Oc4ccc(N)cc4)cc3)CC2)c1. The number of aryl methyl sites for hydroxylation is 1. The van der Waals surface area contributed by atoms with Crippen LogP contribution in [0.3, 0.4) is 0 Å². The molecule has 5 aromatic carbocycles. The standard InChI is InChI=1S/C37H36N2O2/c1-26-3-2-4-28(25-26)27-21-23-37(24-22-27,29-5-13-33(14-6-29)40-35-17-9-31(38)10-18-35)30-7-15-34(16-8-30)41-36-19-11-32(39)12-20-36/h2-20,25,27H,21-24,38-39H2,1H3. The summed E-state index contributed by atoms with van der Waals surface area (Å²) in [6.07, 6.45) is 4.41. The lowest BCUT2D eigenvalue weighted by Crippen LogP contribution is -2.32. The van der Waals surface area contributed by atoms with E-state index in [2.05, 4.69) is 79.7 Å². The highest BCUT2D eigenvalue weighted by atomic mass is 16.5. The van der Waals surface area contributed by atoms with Crippen LogP contribution in [-0.2, 0) is 5.41 Å². The van der Waals surface area contributed by atoms with E-state index in [9.17, 15) is 0 Å². The number of nitrogen functional groups attached to an aromatic ring is 2. The first-order valence-corrected chi connectivity index (χ1v) is 14.3. The molecule has 0 bridgehead atoms. The van der Waals surface area contributed by atoms with Gasteiger partial charge in [-0.1, -0.05) is 54.1 Å². The predicted molar refractivity (Wildman–Crippen MR) is 168 cm³/mol. The highest BCUT2D eigenvalue weighted by Gasteiger charge is 2.39. The smallest absolute Gasteiger partial charge is 0.127 e. The molecule has 0 radical (unpaired) electrons. The van der Waals surface area contributed by atoms with Gasteiger partial charge in [-0.25, -0.2) is 0 Å². The molecule has 206 valence electrons. The van der Waals surface area contributed by atoms with E-state index in [-0.39, 0.29) is 5.41 Å². The van der Waals surface area contributed by atoms with Crippen LogP contribution in [0.1, 0.15) is 53.9 Å². The second-order valence-electron chi connectivity index (χ2n) is 11.2. The van der Waals surface area contributed by atoms with E-state index in [0.717, 1.165) is 60.1 Å². The van der Waals surface area contributed by atoms with Crippen LogP contribution in [0.15, 0.2) is 121 Å². The molecule has 0 heterocycles. The van der Waals surface area contributed by atoms with Crippen LogP contribution in [0.5, 0.6) is 23.0 Å². The molecular weight excluding hydrogens is 504 g/mol. The summed E-state index contributed by atoms with van der Waals surface area (Å²) in [5.41, 5.74) is 18.4. The van der Waals surface area contributed by atoms with E-state index in [1.54, 1.807) is 0 Å². The van der Waals surface area contributed by atoms with E-state index in [4.69, 9.17) is 20.9 Å². The van der Waals surface area contributed by atoms with Crippen molar-refractivity contribution < 1.29 is 9.47 Å². The minimum absolute atomic E-state index is 0.0836. The second kappa shape index (κ2) is 11.4. The number of rotatable bonds is 7. The molecule has 1 aliphatic rings. The molecule has 6 rings (SSSR count). The van der Waals surface area contributed by atoms with Crippen LogP contribution in [0.4, 0.5) is 11.4 Å². The van der Waals surface area contributed by atoms with Crippen LogP contribution < -0.4 is 20.9 Å². The summed E-state index contributed by atoms with van der Waals surface area (Å²) in [5.74, 6) is 3.75. The second-order valence-corrected chi connectivity index (χ2v) is 11.2. The maximum absolute atomic E-state index is 6.10. The van der Waals surface area contributed by atoms with Crippen LogP contribution in [0.25, 0.3) is 0 Å². The van der Waals surface area contributed by atoms with E-state index in [0.29, 0.717) is 5.92 Å². The largest absolute Gasteiger partial charge is 0.457 e. The Morgan fingerprint density at radius 2 is 0.976 bits per heavy atom. The minimum Gasteiger partial charge on any atom is -0.457 e. The van der Waals surface area contributed by atoms with Gasteiger partial charge in [0.1, 0.15) is 23.0 Å². The Kier molecular flexibility index (Phi) is 7.39. The van der Waals surface area contributed by atoms with Crippen molar-refractivity contribution in [2.45, 2.75) is 43.9 Å². The third-order valence-electron chi connectivity index (χ3n) is 8.40. The molecule has 0 atom stereocenters. The number of hydrogen-bond acceptors (Lipinski definition) is 4. The molecule has 4 N–H and O–H groups in total. The van der Waals surface area contributed by atoms with Gasteiger partial charge in [-0.2, -0.15) is 0 Å². The molecule has 0 unspecified atom stereocenters. The summed E-state index contributed by atoms with van der Waals surface area (Å²) in [6, 6.07) is 41.3. The van der Waals surface area contributed by atoms with Gasteiger partial charge in [0.15, 0.2) is 0 Å². The Labute approximate surface area is 242 Å². The molecule has 0 amide bonds. The third-order valence-corrected chi connectivity index (χ3v) is 8.40. The van der Waals surface area contributed by atoms with Crippen molar-refractivity contribution in [3.8, 4) is 23.0 Å². The summed E-state index contributed by atoms with van der Waals surface area (Å²) in [6.45, 7) is 2.18. The van der Waals surface area contributed by atoms with Crippen LogP contribution in [0.2, 0.25) is 0 Å². The van der Waals surface area contributed by atoms with Gasteiger partial charge in [-0.3, -0.25) is 0 Å². The lowest BCUT2D eigenvalue weighted by Gasteiger charge is -2.42. The van der Waals surface area contributed by atoms with Gasteiger partial charge >= 0.3 is 0 Å². The van der Waals surface area contributed by atoms with Gasteiger partial charge in [0.25, 0.3) is 0 Å². The fraction of sp³-hybridized carbons (Fsp3) is 0.189. The summed E-state index contributed by atoms with van der Waals surface area (Å²) in [5, 5.41) is 0. The molecule has 0 spiro atoms. The zero-order valence-corrected chi connectivity index (χ0v) is 23.4. The summed E-state index contributed by atoms with van der Waals surface area (Å²) < 4.78 is 12.2. The zero-order chi connectivity index (χ0) is 28.2. The average Bonchev–Trinajstić information content (AvgIpc) is 3.00. The number of anilines is 2. The topological polar surface area (TPSA) is 70.5 Å². The Morgan fingerprint density at radius 3 is 1.39 bits per heavy atom. The number of hydrogen-bond donors (Lipinski definition) is 2.